The summed E-state index contributed by atoms with van der Waals surface area (Å²) in [5.74, 6) is 1.35. The van der Waals surface area contributed by atoms with Crippen LogP contribution in [-0.2, 0) is 9.47 Å². The quantitative estimate of drug-likeness (QED) is 0.521. The van der Waals surface area contributed by atoms with Crippen LogP contribution in [0.3, 0.4) is 0 Å². The van der Waals surface area contributed by atoms with Crippen molar-refractivity contribution in [2.75, 3.05) is 12.4 Å². The SMILES string of the molecule is Cc1ccc(-n2c(SC[C@@H]3COC4(CCCC4)O3)nnc2-c2ccccc2)cc1C. The van der Waals surface area contributed by atoms with Crippen LogP contribution in [-0.4, -0.2) is 39.0 Å². The van der Waals surface area contributed by atoms with E-state index < -0.39 is 0 Å². The molecule has 0 N–H and O–H groups in total. The first kappa shape index (κ1) is 19.8. The number of aromatic nitrogens is 3. The van der Waals surface area contributed by atoms with Crippen molar-refractivity contribution < 1.29 is 9.47 Å². The van der Waals surface area contributed by atoms with Gasteiger partial charge in [-0.3, -0.25) is 4.57 Å². The topological polar surface area (TPSA) is 49.2 Å². The molecule has 1 aliphatic carbocycles. The van der Waals surface area contributed by atoms with Crippen LogP contribution in [0.1, 0.15) is 36.8 Å². The van der Waals surface area contributed by atoms with Crippen molar-refractivity contribution in [2.45, 2.75) is 56.6 Å². The molecular formula is C24H27N3O2S. The van der Waals surface area contributed by atoms with Gasteiger partial charge in [0, 0.05) is 24.2 Å². The van der Waals surface area contributed by atoms with Crippen LogP contribution in [0.4, 0.5) is 0 Å². The first-order chi connectivity index (χ1) is 14.6. The van der Waals surface area contributed by atoms with Gasteiger partial charge in [-0.25, -0.2) is 0 Å². The van der Waals surface area contributed by atoms with Crippen molar-refractivity contribution in [3.8, 4) is 17.1 Å². The number of nitrogens with zero attached hydrogens (tertiary/aromatic N) is 3. The molecule has 0 bridgehead atoms. The highest BCUT2D eigenvalue weighted by Gasteiger charge is 2.43. The van der Waals surface area contributed by atoms with E-state index in [0.29, 0.717) is 6.61 Å². The molecule has 1 aliphatic heterocycles. The third-order valence-electron chi connectivity index (χ3n) is 6.09. The number of ether oxygens (including phenoxy) is 2. The van der Waals surface area contributed by atoms with Gasteiger partial charge in [-0.15, -0.1) is 10.2 Å². The molecular weight excluding hydrogens is 394 g/mol. The average Bonchev–Trinajstić information content (AvgIpc) is 3.50. The molecule has 2 aromatic carbocycles. The molecule has 5 rings (SSSR count). The fraction of sp³-hybridized carbons (Fsp3) is 0.417. The maximum atomic E-state index is 6.30. The molecule has 6 heteroatoms. The lowest BCUT2D eigenvalue weighted by Crippen LogP contribution is -2.27. The fourth-order valence-corrected chi connectivity index (χ4v) is 5.20. The summed E-state index contributed by atoms with van der Waals surface area (Å²) in [4.78, 5) is 0. The Morgan fingerprint density at radius 1 is 1.03 bits per heavy atom. The molecule has 0 amide bonds. The van der Waals surface area contributed by atoms with Crippen LogP contribution in [0.2, 0.25) is 0 Å². The van der Waals surface area contributed by atoms with Crippen LogP contribution in [0.15, 0.2) is 53.7 Å². The molecule has 5 nitrogen and oxygen atoms in total. The second kappa shape index (κ2) is 8.17. The highest BCUT2D eigenvalue weighted by atomic mass is 32.2. The summed E-state index contributed by atoms with van der Waals surface area (Å²) < 4.78 is 14.5. The largest absolute Gasteiger partial charge is 0.347 e. The van der Waals surface area contributed by atoms with Crippen LogP contribution in [0.5, 0.6) is 0 Å². The Hall–Kier alpha value is -2.15. The van der Waals surface area contributed by atoms with Gasteiger partial charge in [-0.2, -0.15) is 0 Å². The van der Waals surface area contributed by atoms with Crippen LogP contribution in [0, 0.1) is 13.8 Å². The van der Waals surface area contributed by atoms with Gasteiger partial charge in [-0.05, 0) is 49.9 Å². The molecule has 156 valence electrons. The molecule has 3 aromatic rings. The highest BCUT2D eigenvalue weighted by molar-refractivity contribution is 7.99. The number of hydrogen-bond acceptors (Lipinski definition) is 5. The van der Waals surface area contributed by atoms with Gasteiger partial charge in [0.2, 0.25) is 0 Å². The van der Waals surface area contributed by atoms with Gasteiger partial charge in [0.25, 0.3) is 0 Å². The second-order valence-corrected chi connectivity index (χ2v) is 9.24. The third kappa shape index (κ3) is 3.80. The molecule has 0 radical (unpaired) electrons. The summed E-state index contributed by atoms with van der Waals surface area (Å²) in [6, 6.07) is 16.8. The van der Waals surface area contributed by atoms with Gasteiger partial charge in [0.1, 0.15) is 0 Å². The summed E-state index contributed by atoms with van der Waals surface area (Å²) in [6.45, 7) is 4.94. The minimum Gasteiger partial charge on any atom is -0.347 e. The summed E-state index contributed by atoms with van der Waals surface area (Å²) in [6.07, 6.45) is 4.53. The molecule has 1 saturated carbocycles. The standard InChI is InChI=1S/C24H27N3O2S/c1-17-10-11-20(14-18(17)2)27-22(19-8-4-3-5-9-19)25-26-23(27)30-16-21-15-28-24(29-21)12-6-7-13-24/h3-5,8-11,14,21H,6-7,12-13,15-16H2,1-2H3/t21-/m0/s1. The lowest BCUT2D eigenvalue weighted by molar-refractivity contribution is -0.159. The van der Waals surface area contributed by atoms with Gasteiger partial charge in [0.05, 0.1) is 18.4 Å². The Balaban J connectivity index is 1.43. The number of thioether (sulfide) groups is 1. The van der Waals surface area contributed by atoms with Crippen molar-refractivity contribution in [1.29, 1.82) is 0 Å². The zero-order valence-corrected chi connectivity index (χ0v) is 18.3. The number of aryl methyl sites for hydroxylation is 2. The lowest BCUT2D eigenvalue weighted by Gasteiger charge is -2.21. The maximum absolute atomic E-state index is 6.30. The number of rotatable bonds is 5. The van der Waals surface area contributed by atoms with E-state index in [4.69, 9.17) is 9.47 Å². The minimum absolute atomic E-state index is 0.0955. The molecule has 30 heavy (non-hydrogen) atoms. The van der Waals surface area contributed by atoms with E-state index in [2.05, 4.69) is 58.9 Å². The molecule has 2 heterocycles. The normalized spacial score (nSPS) is 20.3. The van der Waals surface area contributed by atoms with E-state index in [0.717, 1.165) is 40.8 Å². The summed E-state index contributed by atoms with van der Waals surface area (Å²) in [5.41, 5.74) is 4.67. The Labute approximate surface area is 181 Å². The van der Waals surface area contributed by atoms with E-state index in [1.165, 1.54) is 24.0 Å². The van der Waals surface area contributed by atoms with Crippen molar-refractivity contribution in [3.05, 3.63) is 59.7 Å². The second-order valence-electron chi connectivity index (χ2n) is 8.26. The van der Waals surface area contributed by atoms with Crippen LogP contribution >= 0.6 is 11.8 Å². The van der Waals surface area contributed by atoms with Crippen molar-refractivity contribution in [3.63, 3.8) is 0 Å². The van der Waals surface area contributed by atoms with E-state index in [1.807, 2.05) is 18.2 Å². The molecule has 1 aromatic heterocycles. The summed E-state index contributed by atoms with van der Waals surface area (Å²) in [5, 5.41) is 9.98. The van der Waals surface area contributed by atoms with Gasteiger partial charge in [0.15, 0.2) is 16.8 Å². The fourth-order valence-electron chi connectivity index (χ4n) is 4.28. The first-order valence-electron chi connectivity index (χ1n) is 10.7. The number of benzene rings is 2. The summed E-state index contributed by atoms with van der Waals surface area (Å²) in [7, 11) is 0. The van der Waals surface area contributed by atoms with E-state index >= 15 is 0 Å². The third-order valence-corrected chi connectivity index (χ3v) is 7.15. The van der Waals surface area contributed by atoms with Crippen LogP contribution in [0.25, 0.3) is 17.1 Å². The van der Waals surface area contributed by atoms with E-state index in [1.54, 1.807) is 11.8 Å². The molecule has 0 unspecified atom stereocenters. The van der Waals surface area contributed by atoms with E-state index in [-0.39, 0.29) is 11.9 Å². The Kier molecular flexibility index (Phi) is 5.39. The maximum Gasteiger partial charge on any atom is 0.196 e. The van der Waals surface area contributed by atoms with E-state index in [9.17, 15) is 0 Å². The Bertz CT molecular complexity index is 1030. The van der Waals surface area contributed by atoms with Crippen molar-refractivity contribution >= 4 is 11.8 Å². The predicted octanol–water partition coefficient (Wildman–Crippen LogP) is 5.33. The Morgan fingerprint density at radius 3 is 2.60 bits per heavy atom. The van der Waals surface area contributed by atoms with Gasteiger partial charge in [-0.1, -0.05) is 48.2 Å². The van der Waals surface area contributed by atoms with Crippen LogP contribution < -0.4 is 0 Å². The minimum atomic E-state index is -0.317. The van der Waals surface area contributed by atoms with Gasteiger partial charge >= 0.3 is 0 Å². The van der Waals surface area contributed by atoms with Crippen molar-refractivity contribution in [1.82, 2.24) is 14.8 Å². The van der Waals surface area contributed by atoms with Crippen molar-refractivity contribution in [2.24, 2.45) is 0 Å². The monoisotopic (exact) mass is 421 g/mol. The Morgan fingerprint density at radius 2 is 1.83 bits per heavy atom. The molecule has 1 spiro atoms. The molecule has 2 aliphatic rings. The predicted molar refractivity (Wildman–Crippen MR) is 119 cm³/mol. The number of hydrogen-bond donors (Lipinski definition) is 0. The zero-order chi connectivity index (χ0) is 20.6. The summed E-state index contributed by atoms with van der Waals surface area (Å²) >= 11 is 1.69. The zero-order valence-electron chi connectivity index (χ0n) is 17.5. The smallest absolute Gasteiger partial charge is 0.196 e. The first-order valence-corrected chi connectivity index (χ1v) is 11.7. The molecule has 1 atom stereocenters. The van der Waals surface area contributed by atoms with Gasteiger partial charge < -0.3 is 9.47 Å². The average molecular weight is 422 g/mol. The molecule has 1 saturated heterocycles. The highest BCUT2D eigenvalue weighted by Crippen LogP contribution is 2.40. The molecule has 2 fully saturated rings. The lowest BCUT2D eigenvalue weighted by atomic mass is 10.1.